The molecule has 0 aromatic carbocycles. The number of aromatic amines is 1. The summed E-state index contributed by atoms with van der Waals surface area (Å²) < 4.78 is 0. The number of nitrogens with zero attached hydrogens (tertiary/aromatic N) is 2. The molecule has 1 aromatic rings. The SMILES string of the molecule is CCNC(=NCCCc1cn[nH]c1C)NCCCC1CCCC1. The van der Waals surface area contributed by atoms with Crippen molar-refractivity contribution in [2.45, 2.75) is 65.2 Å². The van der Waals surface area contributed by atoms with E-state index in [1.807, 2.05) is 6.20 Å². The van der Waals surface area contributed by atoms with Crippen LogP contribution < -0.4 is 10.6 Å². The Hall–Kier alpha value is -1.52. The van der Waals surface area contributed by atoms with Crippen LogP contribution in [0, 0.1) is 12.8 Å². The zero-order chi connectivity index (χ0) is 16.3. The minimum Gasteiger partial charge on any atom is -0.357 e. The van der Waals surface area contributed by atoms with E-state index in [1.54, 1.807) is 0 Å². The molecule has 0 amide bonds. The van der Waals surface area contributed by atoms with Crippen molar-refractivity contribution in [1.82, 2.24) is 20.8 Å². The molecule has 0 aliphatic heterocycles. The maximum Gasteiger partial charge on any atom is 0.191 e. The van der Waals surface area contributed by atoms with Crippen molar-refractivity contribution in [1.29, 1.82) is 0 Å². The first-order valence-electron chi connectivity index (χ1n) is 9.30. The minimum absolute atomic E-state index is 0.850. The van der Waals surface area contributed by atoms with Gasteiger partial charge < -0.3 is 10.6 Å². The average Bonchev–Trinajstić information content (AvgIpc) is 3.20. The molecule has 3 N–H and O–H groups in total. The van der Waals surface area contributed by atoms with Gasteiger partial charge in [0.25, 0.3) is 0 Å². The third-order valence-electron chi connectivity index (χ3n) is 4.71. The molecule has 0 bridgehead atoms. The van der Waals surface area contributed by atoms with Gasteiger partial charge in [-0.2, -0.15) is 5.10 Å². The molecule has 1 fully saturated rings. The minimum atomic E-state index is 0.850. The van der Waals surface area contributed by atoms with E-state index in [4.69, 9.17) is 0 Å². The smallest absolute Gasteiger partial charge is 0.191 e. The standard InChI is InChI=1S/C18H33N5/c1-3-19-18(20-12-6-10-16-8-4-5-9-16)21-13-7-11-17-14-22-23-15(17)2/h14,16H,3-13H2,1-2H3,(H,22,23)(H2,19,20,21). The van der Waals surface area contributed by atoms with Crippen molar-refractivity contribution < 1.29 is 0 Å². The van der Waals surface area contributed by atoms with E-state index >= 15 is 0 Å². The molecule has 1 aliphatic rings. The van der Waals surface area contributed by atoms with E-state index in [2.05, 4.69) is 39.7 Å². The summed E-state index contributed by atoms with van der Waals surface area (Å²) in [6.45, 7) is 6.98. The monoisotopic (exact) mass is 319 g/mol. The van der Waals surface area contributed by atoms with Gasteiger partial charge >= 0.3 is 0 Å². The number of aryl methyl sites for hydroxylation is 2. The zero-order valence-electron chi connectivity index (χ0n) is 14.8. The van der Waals surface area contributed by atoms with Gasteiger partial charge in [0.15, 0.2) is 5.96 Å². The van der Waals surface area contributed by atoms with Gasteiger partial charge in [-0.15, -0.1) is 0 Å². The van der Waals surface area contributed by atoms with Gasteiger partial charge in [-0.25, -0.2) is 0 Å². The molecule has 23 heavy (non-hydrogen) atoms. The Balaban J connectivity index is 1.62. The Labute approximate surface area is 140 Å². The molecule has 0 atom stereocenters. The van der Waals surface area contributed by atoms with E-state index in [1.165, 1.54) is 49.8 Å². The number of hydrogen-bond donors (Lipinski definition) is 3. The van der Waals surface area contributed by atoms with Gasteiger partial charge in [0, 0.05) is 25.3 Å². The van der Waals surface area contributed by atoms with Crippen LogP contribution >= 0.6 is 0 Å². The number of H-pyrrole nitrogens is 1. The number of guanidine groups is 1. The van der Waals surface area contributed by atoms with Crippen LogP contribution in [-0.2, 0) is 6.42 Å². The highest BCUT2D eigenvalue weighted by atomic mass is 15.2. The fourth-order valence-corrected chi connectivity index (χ4v) is 3.33. The van der Waals surface area contributed by atoms with E-state index < -0.39 is 0 Å². The summed E-state index contributed by atoms with van der Waals surface area (Å²) >= 11 is 0. The predicted molar refractivity (Wildman–Crippen MR) is 96.8 cm³/mol. The average molecular weight is 319 g/mol. The highest BCUT2D eigenvalue weighted by molar-refractivity contribution is 5.79. The summed E-state index contributed by atoms with van der Waals surface area (Å²) in [5.74, 6) is 1.94. The fraction of sp³-hybridized carbons (Fsp3) is 0.778. The number of aromatic nitrogens is 2. The number of rotatable bonds is 9. The third kappa shape index (κ3) is 6.63. The Morgan fingerprint density at radius 3 is 2.83 bits per heavy atom. The highest BCUT2D eigenvalue weighted by Crippen LogP contribution is 2.28. The Kier molecular flexibility index (Phi) is 7.98. The lowest BCUT2D eigenvalue weighted by atomic mass is 10.0. The van der Waals surface area contributed by atoms with Gasteiger partial charge in [0.1, 0.15) is 0 Å². The predicted octanol–water partition coefficient (Wildman–Crippen LogP) is 3.18. The van der Waals surface area contributed by atoms with Gasteiger partial charge in [0.05, 0.1) is 6.20 Å². The van der Waals surface area contributed by atoms with Gasteiger partial charge in [0.2, 0.25) is 0 Å². The first-order chi connectivity index (χ1) is 11.3. The largest absolute Gasteiger partial charge is 0.357 e. The summed E-state index contributed by atoms with van der Waals surface area (Å²) in [6.07, 6.45) is 12.4. The molecule has 0 unspecified atom stereocenters. The fourth-order valence-electron chi connectivity index (χ4n) is 3.33. The lowest BCUT2D eigenvalue weighted by Crippen LogP contribution is -2.38. The summed E-state index contributed by atoms with van der Waals surface area (Å²) in [6, 6.07) is 0. The molecule has 1 aromatic heterocycles. The number of hydrogen-bond acceptors (Lipinski definition) is 2. The van der Waals surface area contributed by atoms with Crippen LogP contribution in [0.5, 0.6) is 0 Å². The molecule has 1 heterocycles. The van der Waals surface area contributed by atoms with Crippen LogP contribution in [0.1, 0.15) is 63.1 Å². The normalized spacial score (nSPS) is 16.0. The molecule has 130 valence electrons. The lowest BCUT2D eigenvalue weighted by Gasteiger charge is -2.13. The highest BCUT2D eigenvalue weighted by Gasteiger charge is 2.13. The maximum absolute atomic E-state index is 4.68. The first kappa shape index (κ1) is 17.8. The maximum atomic E-state index is 4.68. The van der Waals surface area contributed by atoms with Gasteiger partial charge in [-0.1, -0.05) is 25.7 Å². The molecule has 1 aliphatic carbocycles. The summed E-state index contributed by atoms with van der Waals surface area (Å²) in [7, 11) is 0. The Bertz CT molecular complexity index is 460. The van der Waals surface area contributed by atoms with E-state index in [0.29, 0.717) is 0 Å². The molecule has 5 heteroatoms. The van der Waals surface area contributed by atoms with Crippen LogP contribution in [0.3, 0.4) is 0 Å². The molecule has 2 rings (SSSR count). The van der Waals surface area contributed by atoms with Gasteiger partial charge in [-0.05, 0) is 51.0 Å². The summed E-state index contributed by atoms with van der Waals surface area (Å²) in [4.78, 5) is 4.68. The third-order valence-corrected chi connectivity index (χ3v) is 4.71. The van der Waals surface area contributed by atoms with Crippen molar-refractivity contribution in [3.05, 3.63) is 17.5 Å². The van der Waals surface area contributed by atoms with Crippen LogP contribution in [-0.4, -0.2) is 35.8 Å². The van der Waals surface area contributed by atoms with E-state index in [-0.39, 0.29) is 0 Å². The molecule has 5 nitrogen and oxygen atoms in total. The van der Waals surface area contributed by atoms with Crippen molar-refractivity contribution in [3.63, 3.8) is 0 Å². The zero-order valence-corrected chi connectivity index (χ0v) is 14.8. The van der Waals surface area contributed by atoms with Crippen molar-refractivity contribution in [3.8, 4) is 0 Å². The Morgan fingerprint density at radius 2 is 2.13 bits per heavy atom. The first-order valence-corrected chi connectivity index (χ1v) is 9.30. The number of nitrogens with one attached hydrogen (secondary N) is 3. The van der Waals surface area contributed by atoms with Crippen LogP contribution in [0.2, 0.25) is 0 Å². The topological polar surface area (TPSA) is 65.1 Å². The van der Waals surface area contributed by atoms with Crippen molar-refractivity contribution in [2.75, 3.05) is 19.6 Å². The molecular formula is C18H33N5. The molecule has 0 spiro atoms. The molecule has 0 saturated heterocycles. The lowest BCUT2D eigenvalue weighted by molar-refractivity contribution is 0.481. The van der Waals surface area contributed by atoms with E-state index in [9.17, 15) is 0 Å². The Morgan fingerprint density at radius 1 is 1.30 bits per heavy atom. The van der Waals surface area contributed by atoms with E-state index in [0.717, 1.165) is 44.4 Å². The van der Waals surface area contributed by atoms with Crippen molar-refractivity contribution >= 4 is 5.96 Å². The van der Waals surface area contributed by atoms with Gasteiger partial charge in [-0.3, -0.25) is 10.1 Å². The second-order valence-corrected chi connectivity index (χ2v) is 6.60. The second kappa shape index (κ2) is 10.3. The summed E-state index contributed by atoms with van der Waals surface area (Å²) in [5.41, 5.74) is 2.47. The molecule has 0 radical (unpaired) electrons. The van der Waals surface area contributed by atoms with Crippen LogP contribution in [0.4, 0.5) is 0 Å². The quantitative estimate of drug-likeness (QED) is 0.372. The van der Waals surface area contributed by atoms with Crippen LogP contribution in [0.25, 0.3) is 0 Å². The summed E-state index contributed by atoms with van der Waals surface area (Å²) in [5, 5.41) is 13.9. The van der Waals surface area contributed by atoms with Crippen LogP contribution in [0.15, 0.2) is 11.2 Å². The van der Waals surface area contributed by atoms with Crippen molar-refractivity contribution in [2.24, 2.45) is 10.9 Å². The molecular weight excluding hydrogens is 286 g/mol. The molecule has 1 saturated carbocycles. The second-order valence-electron chi connectivity index (χ2n) is 6.60. The number of aliphatic imine (C=N–C) groups is 1.